The fraction of sp³-hybridized carbons (Fsp3) is 0.250. The molecule has 0 saturated carbocycles. The third-order valence-corrected chi connectivity index (χ3v) is 0.204. The van der Waals surface area contributed by atoms with E-state index in [9.17, 15) is 0 Å². The van der Waals surface area contributed by atoms with Crippen molar-refractivity contribution in [2.24, 2.45) is 0 Å². The molecule has 0 aromatic carbocycles. The Kier molecular flexibility index (Phi) is 15.9. The van der Waals surface area contributed by atoms with Crippen LogP contribution in [0.2, 0.25) is 0 Å². The molecule has 0 aliphatic carbocycles. The fourth-order valence-electron chi connectivity index (χ4n) is 0. The first-order valence-electron chi connectivity index (χ1n) is 1.22. The maximum atomic E-state index is 3.30. The molecule has 0 amide bonds. The summed E-state index contributed by atoms with van der Waals surface area (Å²) >= 11 is 0. The number of allylic oxidation sites excluding steroid dienone is 1. The summed E-state index contributed by atoms with van der Waals surface area (Å²) in [6, 6.07) is 0. The van der Waals surface area contributed by atoms with Crippen molar-refractivity contribution in [2.75, 3.05) is 0 Å². The van der Waals surface area contributed by atoms with Crippen molar-refractivity contribution in [3.63, 3.8) is 0 Å². The van der Waals surface area contributed by atoms with E-state index < -0.39 is 0 Å². The topological polar surface area (TPSA) is 0 Å². The van der Waals surface area contributed by atoms with Crippen LogP contribution in [0.15, 0.2) is 18.4 Å². The van der Waals surface area contributed by atoms with Gasteiger partial charge in [-0.15, -0.1) is 5.73 Å². The van der Waals surface area contributed by atoms with Crippen molar-refractivity contribution >= 4 is 18.9 Å². The molecule has 0 atom stereocenters. The van der Waals surface area contributed by atoms with E-state index in [1.165, 1.54) is 0 Å². The molecule has 0 saturated heterocycles. The predicted molar refractivity (Wildman–Crippen MR) is 26.5 cm³/mol. The van der Waals surface area contributed by atoms with Crippen LogP contribution < -0.4 is 0 Å². The molecule has 0 bridgehead atoms. The molecule has 0 radical (unpaired) electrons. The summed E-state index contributed by atoms with van der Waals surface area (Å²) in [5, 5.41) is 0. The normalized spacial score (nSPS) is 3.40. The van der Waals surface area contributed by atoms with Crippen LogP contribution in [0.3, 0.4) is 0 Å². The van der Waals surface area contributed by atoms with Crippen molar-refractivity contribution in [2.45, 2.75) is 6.92 Å². The van der Waals surface area contributed by atoms with Crippen molar-refractivity contribution in [3.05, 3.63) is 18.4 Å². The molecule has 0 spiro atoms. The molecule has 0 fully saturated rings. The molecule has 24 valence electrons. The fourth-order valence-corrected chi connectivity index (χ4v) is 0. The van der Waals surface area contributed by atoms with Gasteiger partial charge in [0.2, 0.25) is 0 Å². The molecule has 0 heterocycles. The molecular formula is C4H7Li. The Labute approximate surface area is 44.8 Å². The van der Waals surface area contributed by atoms with E-state index in [4.69, 9.17) is 0 Å². The van der Waals surface area contributed by atoms with Gasteiger partial charge in [-0.25, -0.2) is 0 Å². The number of hydrogen-bond donors (Lipinski definition) is 0. The van der Waals surface area contributed by atoms with Gasteiger partial charge in [-0.05, 0) is 13.0 Å². The summed E-state index contributed by atoms with van der Waals surface area (Å²) in [6.45, 7) is 5.18. The van der Waals surface area contributed by atoms with Crippen LogP contribution in [0, 0.1) is 0 Å². The Hall–Kier alpha value is 0.117. The van der Waals surface area contributed by atoms with Gasteiger partial charge in [0, 0.05) is 0 Å². The summed E-state index contributed by atoms with van der Waals surface area (Å²) in [5.74, 6) is 0. The zero-order valence-corrected chi connectivity index (χ0v) is 2.78. The van der Waals surface area contributed by atoms with Crippen LogP contribution in [0.4, 0.5) is 0 Å². The molecule has 5 heavy (non-hydrogen) atoms. The molecule has 0 aromatic heterocycles. The van der Waals surface area contributed by atoms with Gasteiger partial charge in [-0.1, -0.05) is 6.58 Å². The van der Waals surface area contributed by atoms with Crippen LogP contribution in [-0.4, -0.2) is 18.9 Å². The molecule has 0 N–H and O–H groups in total. The first-order valence-corrected chi connectivity index (χ1v) is 1.22. The average molecular weight is 62.0 g/mol. The Morgan fingerprint density at radius 1 is 1.80 bits per heavy atom. The van der Waals surface area contributed by atoms with Crippen LogP contribution in [0.25, 0.3) is 0 Å². The van der Waals surface area contributed by atoms with Crippen molar-refractivity contribution in [1.82, 2.24) is 0 Å². The van der Waals surface area contributed by atoms with E-state index in [1.54, 1.807) is 6.08 Å². The van der Waals surface area contributed by atoms with E-state index in [0.717, 1.165) is 0 Å². The Morgan fingerprint density at radius 3 is 2.00 bits per heavy atom. The Bertz CT molecular complexity index is 41.6. The number of hydrogen-bond acceptors (Lipinski definition) is 0. The summed E-state index contributed by atoms with van der Waals surface area (Å²) in [7, 11) is 0. The summed E-state index contributed by atoms with van der Waals surface area (Å²) in [5.41, 5.74) is 2.56. The van der Waals surface area contributed by atoms with Gasteiger partial charge in [0.25, 0.3) is 0 Å². The molecule has 0 aliphatic rings. The van der Waals surface area contributed by atoms with Gasteiger partial charge >= 0.3 is 18.9 Å². The van der Waals surface area contributed by atoms with E-state index in [1.807, 2.05) is 6.92 Å². The quantitative estimate of drug-likeness (QED) is 0.286. The van der Waals surface area contributed by atoms with Gasteiger partial charge < -0.3 is 0 Å². The second kappa shape index (κ2) is 8.92. The predicted octanol–water partition coefficient (Wildman–Crippen LogP) is 0.699. The average Bonchev–Trinajstić information content (AvgIpc) is 1.37. The minimum absolute atomic E-state index is 0. The zero-order valence-electron chi connectivity index (χ0n) is 2.78. The zero-order chi connectivity index (χ0) is 3.41. The van der Waals surface area contributed by atoms with Crippen molar-refractivity contribution < 1.29 is 0 Å². The standard InChI is InChI=1S/C4H6.Li.H/c1-3-4-2;;/h4H,1H2,2H3;;. The molecule has 0 nitrogen and oxygen atoms in total. The molecular weight excluding hydrogens is 55.0 g/mol. The van der Waals surface area contributed by atoms with E-state index >= 15 is 0 Å². The Morgan fingerprint density at radius 2 is 2.00 bits per heavy atom. The van der Waals surface area contributed by atoms with Crippen LogP contribution in [0.5, 0.6) is 0 Å². The van der Waals surface area contributed by atoms with Crippen LogP contribution >= 0.6 is 0 Å². The SMILES string of the molecule is C=C=CC.[LiH]. The second-order valence-corrected chi connectivity index (χ2v) is 0.493. The van der Waals surface area contributed by atoms with Crippen LogP contribution in [0.1, 0.15) is 6.92 Å². The van der Waals surface area contributed by atoms with Gasteiger partial charge in [0.05, 0.1) is 0 Å². The van der Waals surface area contributed by atoms with E-state index in [-0.39, 0.29) is 18.9 Å². The third-order valence-electron chi connectivity index (χ3n) is 0.204. The van der Waals surface area contributed by atoms with Crippen LogP contribution in [-0.2, 0) is 0 Å². The second-order valence-electron chi connectivity index (χ2n) is 0.493. The van der Waals surface area contributed by atoms with Crippen molar-refractivity contribution in [3.8, 4) is 0 Å². The molecule has 0 rings (SSSR count). The maximum absolute atomic E-state index is 3.30. The summed E-state index contributed by atoms with van der Waals surface area (Å²) in [4.78, 5) is 0. The van der Waals surface area contributed by atoms with Crippen molar-refractivity contribution in [1.29, 1.82) is 0 Å². The number of rotatable bonds is 0. The monoisotopic (exact) mass is 62.1 g/mol. The van der Waals surface area contributed by atoms with Gasteiger partial charge in [-0.3, -0.25) is 0 Å². The van der Waals surface area contributed by atoms with Gasteiger partial charge in [0.1, 0.15) is 0 Å². The molecule has 0 aromatic rings. The summed E-state index contributed by atoms with van der Waals surface area (Å²) in [6.07, 6.45) is 1.76. The first-order chi connectivity index (χ1) is 1.91. The van der Waals surface area contributed by atoms with Gasteiger partial charge in [-0.2, -0.15) is 0 Å². The van der Waals surface area contributed by atoms with E-state index in [0.29, 0.717) is 0 Å². The van der Waals surface area contributed by atoms with Gasteiger partial charge in [0.15, 0.2) is 0 Å². The van der Waals surface area contributed by atoms with E-state index in [2.05, 4.69) is 12.3 Å². The molecule has 0 unspecified atom stereocenters. The molecule has 0 aliphatic heterocycles. The molecule has 1 heteroatoms. The first kappa shape index (κ1) is 8.93. The summed E-state index contributed by atoms with van der Waals surface area (Å²) < 4.78 is 0. The minimum atomic E-state index is 0. The third kappa shape index (κ3) is 14.8. The Balaban J connectivity index is 0.